The predicted octanol–water partition coefficient (Wildman–Crippen LogP) is 8.01. The SMILES string of the molecule is O=C([C@H](Cc1ccccc1)N(Cc1ccc(-c2ccccn2)cc1)C(=O)/C=C/c1ccc(C(F)(F)F)cc1)N1CCc2ccccc2C1. The van der Waals surface area contributed by atoms with Crippen LogP contribution < -0.4 is 0 Å². The molecule has 0 saturated heterocycles. The van der Waals surface area contributed by atoms with Gasteiger partial charge in [0.15, 0.2) is 0 Å². The number of benzene rings is 4. The number of rotatable bonds is 9. The molecule has 2 amide bonds. The summed E-state index contributed by atoms with van der Waals surface area (Å²) in [4.78, 5) is 36.4. The molecule has 0 spiro atoms. The Balaban J connectivity index is 1.34. The van der Waals surface area contributed by atoms with Crippen molar-refractivity contribution >= 4 is 17.9 Å². The number of hydrogen-bond acceptors (Lipinski definition) is 3. The summed E-state index contributed by atoms with van der Waals surface area (Å²) in [5, 5.41) is 0. The first-order chi connectivity index (χ1) is 23.2. The summed E-state index contributed by atoms with van der Waals surface area (Å²) in [6.07, 6.45) is 1.11. The van der Waals surface area contributed by atoms with E-state index in [1.165, 1.54) is 29.8 Å². The Hall–Kier alpha value is -5.50. The van der Waals surface area contributed by atoms with Gasteiger partial charge in [-0.15, -0.1) is 0 Å². The highest BCUT2D eigenvalue weighted by Crippen LogP contribution is 2.29. The van der Waals surface area contributed by atoms with Crippen molar-refractivity contribution < 1.29 is 22.8 Å². The fourth-order valence-corrected chi connectivity index (χ4v) is 5.96. The van der Waals surface area contributed by atoms with E-state index in [9.17, 15) is 22.8 Å². The molecule has 6 rings (SSSR count). The average molecular weight is 646 g/mol. The Morgan fingerprint density at radius 1 is 0.792 bits per heavy atom. The molecular weight excluding hydrogens is 611 g/mol. The Bertz CT molecular complexity index is 1870. The highest BCUT2D eigenvalue weighted by molar-refractivity contribution is 5.96. The zero-order chi connectivity index (χ0) is 33.5. The van der Waals surface area contributed by atoms with Crippen LogP contribution in [0.3, 0.4) is 0 Å². The lowest BCUT2D eigenvalue weighted by atomic mass is 9.97. The highest BCUT2D eigenvalue weighted by atomic mass is 19.4. The molecule has 0 unspecified atom stereocenters. The van der Waals surface area contributed by atoms with Gasteiger partial charge in [0.05, 0.1) is 11.3 Å². The zero-order valence-corrected chi connectivity index (χ0v) is 26.2. The van der Waals surface area contributed by atoms with Crippen LogP contribution in [0.5, 0.6) is 0 Å². The van der Waals surface area contributed by atoms with E-state index in [-0.39, 0.29) is 12.5 Å². The molecule has 1 aliphatic heterocycles. The maximum Gasteiger partial charge on any atom is 0.416 e. The van der Waals surface area contributed by atoms with Crippen LogP contribution in [0.4, 0.5) is 13.2 Å². The first-order valence-corrected chi connectivity index (χ1v) is 15.8. The van der Waals surface area contributed by atoms with Crippen LogP contribution in [0, 0.1) is 0 Å². The summed E-state index contributed by atoms with van der Waals surface area (Å²) in [6, 6.07) is 34.8. The molecule has 0 bridgehead atoms. The van der Waals surface area contributed by atoms with Crippen molar-refractivity contribution in [2.45, 2.75) is 38.1 Å². The number of alkyl halides is 3. The lowest BCUT2D eigenvalue weighted by molar-refractivity contribution is -0.144. The second kappa shape index (κ2) is 14.5. The van der Waals surface area contributed by atoms with E-state index in [0.29, 0.717) is 25.1 Å². The van der Waals surface area contributed by atoms with Gasteiger partial charge >= 0.3 is 6.18 Å². The van der Waals surface area contributed by atoms with E-state index in [4.69, 9.17) is 0 Å². The third-order valence-corrected chi connectivity index (χ3v) is 8.58. The number of carbonyl (C=O) groups is 2. The van der Waals surface area contributed by atoms with Crippen molar-refractivity contribution in [1.29, 1.82) is 0 Å². The largest absolute Gasteiger partial charge is 0.416 e. The number of fused-ring (bicyclic) bond motifs is 1. The smallest absolute Gasteiger partial charge is 0.336 e. The van der Waals surface area contributed by atoms with E-state index >= 15 is 0 Å². The lowest BCUT2D eigenvalue weighted by Gasteiger charge is -2.37. The molecular formula is C40H34F3N3O2. The molecule has 242 valence electrons. The van der Waals surface area contributed by atoms with Gasteiger partial charge in [0, 0.05) is 43.9 Å². The van der Waals surface area contributed by atoms with Crippen LogP contribution >= 0.6 is 0 Å². The molecule has 48 heavy (non-hydrogen) atoms. The maximum atomic E-state index is 14.5. The standard InChI is InChI=1S/C40H34F3N3O2/c41-40(42,43)35-20-15-29(16-21-35)17-22-38(47)46(27-31-13-18-33(19-14-31)36-12-6-7-24-44-36)37(26-30-8-2-1-3-9-30)39(48)45-25-23-32-10-4-5-11-34(32)28-45/h1-22,24,37H,23,25-28H2/b22-17+/t37-/m0/s1. The molecule has 0 radical (unpaired) electrons. The van der Waals surface area contributed by atoms with Gasteiger partial charge in [-0.1, -0.05) is 97.1 Å². The first kappa shape index (κ1) is 32.4. The summed E-state index contributed by atoms with van der Waals surface area (Å²) in [6.45, 7) is 1.12. The Labute approximate surface area is 278 Å². The fraction of sp³-hybridized carbons (Fsp3) is 0.175. The van der Waals surface area contributed by atoms with Gasteiger partial charge in [0.1, 0.15) is 6.04 Å². The van der Waals surface area contributed by atoms with Crippen LogP contribution in [0.15, 0.2) is 134 Å². The van der Waals surface area contributed by atoms with Crippen molar-refractivity contribution in [3.63, 3.8) is 0 Å². The Morgan fingerprint density at radius 2 is 1.48 bits per heavy atom. The van der Waals surface area contributed by atoms with Crippen LogP contribution in [-0.2, 0) is 41.7 Å². The summed E-state index contributed by atoms with van der Waals surface area (Å²) >= 11 is 0. The van der Waals surface area contributed by atoms with E-state index in [0.717, 1.165) is 46.5 Å². The van der Waals surface area contributed by atoms with E-state index in [2.05, 4.69) is 11.1 Å². The predicted molar refractivity (Wildman–Crippen MR) is 180 cm³/mol. The summed E-state index contributed by atoms with van der Waals surface area (Å²) in [5.41, 5.74) is 5.43. The van der Waals surface area contributed by atoms with Crippen LogP contribution in [-0.4, -0.2) is 39.2 Å². The molecule has 8 heteroatoms. The molecule has 0 N–H and O–H groups in total. The molecule has 0 aliphatic carbocycles. The Morgan fingerprint density at radius 3 is 2.17 bits per heavy atom. The van der Waals surface area contributed by atoms with Crippen LogP contribution in [0.1, 0.15) is 33.4 Å². The van der Waals surface area contributed by atoms with Gasteiger partial charge < -0.3 is 9.80 Å². The van der Waals surface area contributed by atoms with Crippen molar-refractivity contribution in [2.24, 2.45) is 0 Å². The van der Waals surface area contributed by atoms with Crippen molar-refractivity contribution in [3.05, 3.63) is 167 Å². The molecule has 1 atom stereocenters. The minimum absolute atomic E-state index is 0.145. The van der Waals surface area contributed by atoms with E-state index in [1.54, 1.807) is 11.1 Å². The van der Waals surface area contributed by atoms with E-state index in [1.807, 2.05) is 95.9 Å². The summed E-state index contributed by atoms with van der Waals surface area (Å²) < 4.78 is 39.4. The number of nitrogens with zero attached hydrogens (tertiary/aromatic N) is 3. The van der Waals surface area contributed by atoms with Gasteiger partial charge in [-0.3, -0.25) is 14.6 Å². The number of hydrogen-bond donors (Lipinski definition) is 0. The summed E-state index contributed by atoms with van der Waals surface area (Å²) in [7, 11) is 0. The van der Waals surface area contributed by atoms with Gasteiger partial charge in [0.25, 0.3) is 0 Å². The zero-order valence-electron chi connectivity index (χ0n) is 26.2. The highest BCUT2D eigenvalue weighted by Gasteiger charge is 2.34. The second-order valence-electron chi connectivity index (χ2n) is 11.8. The van der Waals surface area contributed by atoms with Crippen molar-refractivity contribution in [1.82, 2.24) is 14.8 Å². The number of carbonyl (C=O) groups excluding carboxylic acids is 2. The van der Waals surface area contributed by atoms with Crippen LogP contribution in [0.2, 0.25) is 0 Å². The molecule has 0 fully saturated rings. The monoisotopic (exact) mass is 645 g/mol. The number of halogens is 3. The van der Waals surface area contributed by atoms with Gasteiger partial charge in [-0.2, -0.15) is 13.2 Å². The van der Waals surface area contributed by atoms with Crippen LogP contribution in [0.25, 0.3) is 17.3 Å². The maximum absolute atomic E-state index is 14.5. The molecule has 5 aromatic rings. The van der Waals surface area contributed by atoms with Crippen molar-refractivity contribution in [2.75, 3.05) is 6.54 Å². The number of pyridine rings is 1. The molecule has 5 nitrogen and oxygen atoms in total. The quantitative estimate of drug-likeness (QED) is 0.153. The summed E-state index contributed by atoms with van der Waals surface area (Å²) in [5.74, 6) is -0.579. The molecule has 1 aromatic heterocycles. The fourth-order valence-electron chi connectivity index (χ4n) is 5.96. The number of amides is 2. The normalized spacial score (nSPS) is 13.6. The molecule has 1 aliphatic rings. The topological polar surface area (TPSA) is 53.5 Å². The third-order valence-electron chi connectivity index (χ3n) is 8.58. The molecule has 0 saturated carbocycles. The number of aromatic nitrogens is 1. The van der Waals surface area contributed by atoms with Gasteiger partial charge in [-0.25, -0.2) is 0 Å². The van der Waals surface area contributed by atoms with Gasteiger partial charge in [-0.05, 0) is 64.6 Å². The van der Waals surface area contributed by atoms with Crippen molar-refractivity contribution in [3.8, 4) is 11.3 Å². The second-order valence-corrected chi connectivity index (χ2v) is 11.8. The first-order valence-electron chi connectivity index (χ1n) is 15.8. The lowest BCUT2D eigenvalue weighted by Crippen LogP contribution is -2.52. The third kappa shape index (κ3) is 7.89. The molecule has 4 aromatic carbocycles. The Kier molecular flexibility index (Phi) is 9.80. The minimum Gasteiger partial charge on any atom is -0.336 e. The molecule has 2 heterocycles. The van der Waals surface area contributed by atoms with E-state index < -0.39 is 23.7 Å². The van der Waals surface area contributed by atoms with Gasteiger partial charge in [0.2, 0.25) is 11.8 Å². The average Bonchev–Trinajstić information content (AvgIpc) is 3.12. The minimum atomic E-state index is -4.46.